The zero-order chi connectivity index (χ0) is 18.1. The van der Waals surface area contributed by atoms with E-state index in [0.717, 1.165) is 23.2 Å². The molecular formula is C20H21ClN2O2. The van der Waals surface area contributed by atoms with E-state index in [1.165, 1.54) is 11.8 Å². The topological polar surface area (TPSA) is 40.6 Å². The summed E-state index contributed by atoms with van der Waals surface area (Å²) in [6.07, 6.45) is 0.832. The van der Waals surface area contributed by atoms with Gasteiger partial charge in [0.15, 0.2) is 0 Å². The molecule has 1 aliphatic rings. The lowest BCUT2D eigenvalue weighted by molar-refractivity contribution is -0.121. The maximum Gasteiger partial charge on any atom is 0.247 e. The zero-order valence-corrected chi connectivity index (χ0v) is 15.4. The van der Waals surface area contributed by atoms with Gasteiger partial charge in [0.25, 0.3) is 0 Å². The van der Waals surface area contributed by atoms with Gasteiger partial charge < -0.3 is 9.80 Å². The van der Waals surface area contributed by atoms with Gasteiger partial charge in [-0.2, -0.15) is 0 Å². The van der Waals surface area contributed by atoms with Gasteiger partial charge in [-0.05, 0) is 49.6 Å². The van der Waals surface area contributed by atoms with Gasteiger partial charge in [-0.1, -0.05) is 35.9 Å². The summed E-state index contributed by atoms with van der Waals surface area (Å²) < 4.78 is 0. The Hall–Kier alpha value is -2.33. The van der Waals surface area contributed by atoms with Crippen molar-refractivity contribution in [1.29, 1.82) is 0 Å². The molecule has 2 aromatic carbocycles. The van der Waals surface area contributed by atoms with Gasteiger partial charge in [-0.25, -0.2) is 0 Å². The summed E-state index contributed by atoms with van der Waals surface area (Å²) in [4.78, 5) is 28.4. The van der Waals surface area contributed by atoms with E-state index in [-0.39, 0.29) is 24.4 Å². The second kappa shape index (κ2) is 6.89. The van der Waals surface area contributed by atoms with Crippen LogP contribution < -0.4 is 9.80 Å². The fraction of sp³-hybridized carbons (Fsp3) is 0.300. The van der Waals surface area contributed by atoms with E-state index < -0.39 is 0 Å². The Morgan fingerprint density at radius 3 is 2.64 bits per heavy atom. The average molecular weight is 357 g/mol. The highest BCUT2D eigenvalue weighted by Gasteiger charge is 2.32. The first-order chi connectivity index (χ1) is 11.9. The summed E-state index contributed by atoms with van der Waals surface area (Å²) in [7, 11) is 0. The largest absolute Gasteiger partial charge is 0.307 e. The third kappa shape index (κ3) is 3.40. The average Bonchev–Trinajstić information content (AvgIpc) is 2.90. The predicted molar refractivity (Wildman–Crippen MR) is 101 cm³/mol. The van der Waals surface area contributed by atoms with Crippen molar-refractivity contribution >= 4 is 34.8 Å². The molecule has 4 nitrogen and oxygen atoms in total. The van der Waals surface area contributed by atoms with Crippen LogP contribution >= 0.6 is 11.6 Å². The second-order valence-electron chi connectivity index (χ2n) is 6.48. The maximum atomic E-state index is 13.0. The summed E-state index contributed by atoms with van der Waals surface area (Å²) in [5, 5.41) is 0.580. The summed E-state index contributed by atoms with van der Waals surface area (Å²) >= 11 is 6.18. The molecule has 2 aromatic rings. The SMILES string of the molecule is CC(=O)N(CC(=O)N1c2ccccc2CC1C)c1ccc(C)c(Cl)c1. The number of benzene rings is 2. The van der Waals surface area contributed by atoms with Crippen LogP contribution in [0.4, 0.5) is 11.4 Å². The lowest BCUT2D eigenvalue weighted by Gasteiger charge is -2.27. The van der Waals surface area contributed by atoms with E-state index >= 15 is 0 Å². The smallest absolute Gasteiger partial charge is 0.247 e. The molecular weight excluding hydrogens is 336 g/mol. The molecule has 3 rings (SSSR count). The van der Waals surface area contributed by atoms with Gasteiger partial charge in [0, 0.05) is 29.4 Å². The number of carbonyl (C=O) groups excluding carboxylic acids is 2. The van der Waals surface area contributed by atoms with Gasteiger partial charge in [-0.3, -0.25) is 9.59 Å². The van der Waals surface area contributed by atoms with Crippen LogP contribution in [0.1, 0.15) is 25.0 Å². The highest BCUT2D eigenvalue weighted by atomic mass is 35.5. The van der Waals surface area contributed by atoms with Crippen molar-refractivity contribution in [3.05, 3.63) is 58.6 Å². The van der Waals surface area contributed by atoms with E-state index in [0.29, 0.717) is 10.7 Å². The van der Waals surface area contributed by atoms with E-state index in [2.05, 4.69) is 0 Å². The number of anilines is 2. The molecule has 25 heavy (non-hydrogen) atoms. The number of halogens is 1. The minimum Gasteiger partial charge on any atom is -0.307 e. The molecule has 0 saturated heterocycles. The lowest BCUT2D eigenvalue weighted by atomic mass is 10.1. The van der Waals surface area contributed by atoms with Crippen LogP contribution in [-0.2, 0) is 16.0 Å². The summed E-state index contributed by atoms with van der Waals surface area (Å²) in [6.45, 7) is 5.38. The number of nitrogens with zero attached hydrogens (tertiary/aromatic N) is 2. The first-order valence-corrected chi connectivity index (χ1v) is 8.70. The molecule has 0 aromatic heterocycles. The van der Waals surface area contributed by atoms with Crippen molar-refractivity contribution < 1.29 is 9.59 Å². The molecule has 0 spiro atoms. The van der Waals surface area contributed by atoms with Crippen LogP contribution in [0.25, 0.3) is 0 Å². The highest BCUT2D eigenvalue weighted by molar-refractivity contribution is 6.31. The highest BCUT2D eigenvalue weighted by Crippen LogP contribution is 2.32. The third-order valence-electron chi connectivity index (χ3n) is 4.62. The van der Waals surface area contributed by atoms with E-state index in [4.69, 9.17) is 11.6 Å². The van der Waals surface area contributed by atoms with Crippen molar-refractivity contribution in [3.63, 3.8) is 0 Å². The molecule has 130 valence electrons. The zero-order valence-electron chi connectivity index (χ0n) is 14.6. The Morgan fingerprint density at radius 2 is 1.96 bits per heavy atom. The third-order valence-corrected chi connectivity index (χ3v) is 5.02. The minimum atomic E-state index is -0.187. The van der Waals surface area contributed by atoms with Crippen molar-refractivity contribution in [2.45, 2.75) is 33.2 Å². The van der Waals surface area contributed by atoms with E-state index in [1.54, 1.807) is 11.0 Å². The predicted octanol–water partition coefficient (Wildman–Crippen LogP) is 3.98. The van der Waals surface area contributed by atoms with Crippen LogP contribution in [0.5, 0.6) is 0 Å². The van der Waals surface area contributed by atoms with E-state index in [1.807, 2.05) is 50.2 Å². The Morgan fingerprint density at radius 1 is 1.24 bits per heavy atom. The molecule has 5 heteroatoms. The molecule has 0 N–H and O–H groups in total. The van der Waals surface area contributed by atoms with Crippen LogP contribution in [0.15, 0.2) is 42.5 Å². The molecule has 0 radical (unpaired) electrons. The second-order valence-corrected chi connectivity index (χ2v) is 6.89. The number of amides is 2. The number of fused-ring (bicyclic) bond motifs is 1. The first-order valence-electron chi connectivity index (χ1n) is 8.32. The molecule has 1 aliphatic heterocycles. The molecule has 1 atom stereocenters. The number of carbonyl (C=O) groups is 2. The first kappa shape index (κ1) is 17.5. The van der Waals surface area contributed by atoms with Gasteiger partial charge in [0.05, 0.1) is 0 Å². The van der Waals surface area contributed by atoms with Crippen molar-refractivity contribution in [2.24, 2.45) is 0 Å². The lowest BCUT2D eigenvalue weighted by Crippen LogP contribution is -2.44. The van der Waals surface area contributed by atoms with Crippen LogP contribution in [0.3, 0.4) is 0 Å². The van der Waals surface area contributed by atoms with E-state index in [9.17, 15) is 9.59 Å². The van der Waals surface area contributed by atoms with Crippen molar-refractivity contribution in [2.75, 3.05) is 16.3 Å². The summed E-state index contributed by atoms with van der Waals surface area (Å²) in [5.41, 5.74) is 3.67. The Kier molecular flexibility index (Phi) is 4.82. The number of hydrogen-bond donors (Lipinski definition) is 0. The molecule has 0 fully saturated rings. The van der Waals surface area contributed by atoms with Gasteiger partial charge in [0.2, 0.25) is 11.8 Å². The summed E-state index contributed by atoms with van der Waals surface area (Å²) in [5.74, 6) is -0.280. The molecule has 1 heterocycles. The van der Waals surface area contributed by atoms with Crippen LogP contribution in [-0.4, -0.2) is 24.4 Å². The van der Waals surface area contributed by atoms with Crippen LogP contribution in [0, 0.1) is 6.92 Å². The van der Waals surface area contributed by atoms with Gasteiger partial charge in [0.1, 0.15) is 6.54 Å². The molecule has 0 saturated carbocycles. The Labute approximate surface area is 153 Å². The Bertz CT molecular complexity index is 834. The monoisotopic (exact) mass is 356 g/mol. The molecule has 2 amide bonds. The molecule has 0 bridgehead atoms. The fourth-order valence-corrected chi connectivity index (χ4v) is 3.47. The van der Waals surface area contributed by atoms with Crippen LogP contribution in [0.2, 0.25) is 5.02 Å². The standard InChI is InChI=1S/C20H21ClN2O2/c1-13-8-9-17(11-18(13)21)22(15(3)24)12-20(25)23-14(2)10-16-6-4-5-7-19(16)23/h4-9,11,14H,10,12H2,1-3H3. The quantitative estimate of drug-likeness (QED) is 0.834. The van der Waals surface area contributed by atoms with Gasteiger partial charge in [-0.15, -0.1) is 0 Å². The number of aryl methyl sites for hydroxylation is 1. The Balaban J connectivity index is 1.87. The maximum absolute atomic E-state index is 13.0. The minimum absolute atomic E-state index is 0.00655. The number of rotatable bonds is 3. The molecule has 0 aliphatic carbocycles. The molecule has 1 unspecified atom stereocenters. The van der Waals surface area contributed by atoms with Crippen molar-refractivity contribution in [3.8, 4) is 0 Å². The van der Waals surface area contributed by atoms with Gasteiger partial charge >= 0.3 is 0 Å². The number of para-hydroxylation sites is 1. The number of hydrogen-bond acceptors (Lipinski definition) is 2. The summed E-state index contributed by atoms with van der Waals surface area (Å²) in [6, 6.07) is 13.4. The van der Waals surface area contributed by atoms with Crippen molar-refractivity contribution in [1.82, 2.24) is 0 Å². The normalized spacial score (nSPS) is 15.8. The fourth-order valence-electron chi connectivity index (χ4n) is 3.29.